The zero-order chi connectivity index (χ0) is 15.2. The molecule has 110 valence electrons. The maximum absolute atomic E-state index is 13.4. The summed E-state index contributed by atoms with van der Waals surface area (Å²) in [4.78, 5) is 15.9. The number of halogens is 1. The monoisotopic (exact) mass is 290 g/mol. The Labute approximate surface area is 121 Å². The minimum Gasteiger partial charge on any atom is -0.481 e. The molecule has 1 heterocycles. The molecule has 0 bridgehead atoms. The molecule has 0 fully saturated rings. The summed E-state index contributed by atoms with van der Waals surface area (Å²) in [6.07, 6.45) is 1.63. The van der Waals surface area contributed by atoms with Crippen molar-refractivity contribution in [2.75, 3.05) is 19.0 Å². The van der Waals surface area contributed by atoms with Gasteiger partial charge in [-0.05, 0) is 30.7 Å². The van der Waals surface area contributed by atoms with Crippen molar-refractivity contribution in [1.82, 2.24) is 4.98 Å². The minimum atomic E-state index is -0.514. The number of nitrogens with zero attached hydrogens (tertiary/aromatic N) is 1. The van der Waals surface area contributed by atoms with Crippen LogP contribution in [0, 0.1) is 12.7 Å². The molecule has 1 amide bonds. The van der Waals surface area contributed by atoms with E-state index in [1.165, 1.54) is 19.2 Å². The number of aromatic nitrogens is 1. The standard InChI is InChI=1S/C15H15FN2O3/c1-10-7-12(15(20-2)17-8-10)18-14(19)9-21-13-6-4-3-5-11(13)16/h3-8H,9H2,1-2H3,(H,18,19). The lowest BCUT2D eigenvalue weighted by Gasteiger charge is -2.11. The van der Waals surface area contributed by atoms with E-state index in [9.17, 15) is 9.18 Å². The van der Waals surface area contributed by atoms with E-state index in [0.717, 1.165) is 5.56 Å². The normalized spacial score (nSPS) is 10.0. The summed E-state index contributed by atoms with van der Waals surface area (Å²) < 4.78 is 23.5. The van der Waals surface area contributed by atoms with Gasteiger partial charge in [-0.3, -0.25) is 4.79 Å². The van der Waals surface area contributed by atoms with Crippen molar-refractivity contribution in [3.63, 3.8) is 0 Å². The lowest BCUT2D eigenvalue weighted by Crippen LogP contribution is -2.21. The number of ether oxygens (including phenoxy) is 2. The Hall–Kier alpha value is -2.63. The molecule has 21 heavy (non-hydrogen) atoms. The molecule has 0 saturated carbocycles. The van der Waals surface area contributed by atoms with E-state index in [4.69, 9.17) is 9.47 Å². The number of benzene rings is 1. The Balaban J connectivity index is 1.99. The first-order valence-corrected chi connectivity index (χ1v) is 6.28. The van der Waals surface area contributed by atoms with Gasteiger partial charge >= 0.3 is 0 Å². The zero-order valence-corrected chi connectivity index (χ0v) is 11.7. The molecule has 1 N–H and O–H groups in total. The summed E-state index contributed by atoms with van der Waals surface area (Å²) in [5.41, 5.74) is 1.32. The third-order valence-corrected chi connectivity index (χ3v) is 2.65. The second kappa shape index (κ2) is 6.69. The highest BCUT2D eigenvalue weighted by Crippen LogP contribution is 2.22. The molecule has 6 heteroatoms. The van der Waals surface area contributed by atoms with Gasteiger partial charge in [-0.1, -0.05) is 12.1 Å². The lowest BCUT2D eigenvalue weighted by molar-refractivity contribution is -0.118. The van der Waals surface area contributed by atoms with E-state index in [1.807, 2.05) is 6.92 Å². The zero-order valence-electron chi connectivity index (χ0n) is 11.7. The number of anilines is 1. The highest BCUT2D eigenvalue weighted by molar-refractivity contribution is 5.93. The van der Waals surface area contributed by atoms with Crippen LogP contribution < -0.4 is 14.8 Å². The van der Waals surface area contributed by atoms with Gasteiger partial charge in [0.1, 0.15) is 5.69 Å². The number of rotatable bonds is 5. The summed E-state index contributed by atoms with van der Waals surface area (Å²) >= 11 is 0. The van der Waals surface area contributed by atoms with Gasteiger partial charge in [0.2, 0.25) is 5.88 Å². The van der Waals surface area contributed by atoms with Crippen molar-refractivity contribution in [3.8, 4) is 11.6 Å². The van der Waals surface area contributed by atoms with Crippen molar-refractivity contribution in [2.24, 2.45) is 0 Å². The van der Waals surface area contributed by atoms with Crippen molar-refractivity contribution >= 4 is 11.6 Å². The first-order valence-electron chi connectivity index (χ1n) is 6.28. The number of pyridine rings is 1. The van der Waals surface area contributed by atoms with Crippen LogP contribution in [-0.2, 0) is 4.79 Å². The predicted octanol–water partition coefficient (Wildman–Crippen LogP) is 2.56. The molecule has 2 aromatic rings. The molecular weight excluding hydrogens is 275 g/mol. The van der Waals surface area contributed by atoms with E-state index < -0.39 is 11.7 Å². The molecule has 0 radical (unpaired) electrons. The largest absolute Gasteiger partial charge is 0.481 e. The molecule has 0 spiro atoms. The summed E-state index contributed by atoms with van der Waals surface area (Å²) in [7, 11) is 1.46. The Morgan fingerprint density at radius 2 is 2.14 bits per heavy atom. The van der Waals surface area contributed by atoms with E-state index in [1.54, 1.807) is 24.4 Å². The first-order chi connectivity index (χ1) is 10.1. The van der Waals surface area contributed by atoms with Gasteiger partial charge in [0.25, 0.3) is 5.91 Å². The van der Waals surface area contributed by atoms with Crippen molar-refractivity contribution in [2.45, 2.75) is 6.92 Å². The van der Waals surface area contributed by atoms with Gasteiger partial charge in [-0.15, -0.1) is 0 Å². The number of para-hydroxylation sites is 1. The number of nitrogens with one attached hydrogen (secondary N) is 1. The average molecular weight is 290 g/mol. The molecule has 0 saturated heterocycles. The summed E-state index contributed by atoms with van der Waals surface area (Å²) in [6.45, 7) is 1.54. The Bertz CT molecular complexity index is 647. The topological polar surface area (TPSA) is 60.5 Å². The molecule has 0 aliphatic carbocycles. The fraction of sp³-hybridized carbons (Fsp3) is 0.200. The van der Waals surface area contributed by atoms with Gasteiger partial charge in [0, 0.05) is 6.20 Å². The predicted molar refractivity (Wildman–Crippen MR) is 76.1 cm³/mol. The Morgan fingerprint density at radius 1 is 1.38 bits per heavy atom. The highest BCUT2D eigenvalue weighted by atomic mass is 19.1. The van der Waals surface area contributed by atoms with Crippen LogP contribution in [0.2, 0.25) is 0 Å². The van der Waals surface area contributed by atoms with Crippen LogP contribution in [0.15, 0.2) is 36.5 Å². The van der Waals surface area contributed by atoms with E-state index in [2.05, 4.69) is 10.3 Å². The van der Waals surface area contributed by atoms with Crippen LogP contribution in [0.4, 0.5) is 10.1 Å². The fourth-order valence-electron chi connectivity index (χ4n) is 1.70. The highest BCUT2D eigenvalue weighted by Gasteiger charge is 2.10. The molecule has 0 unspecified atom stereocenters. The molecule has 5 nitrogen and oxygen atoms in total. The summed E-state index contributed by atoms with van der Waals surface area (Å²) in [5, 5.41) is 2.62. The average Bonchev–Trinajstić information content (AvgIpc) is 2.47. The van der Waals surface area contributed by atoms with Gasteiger partial charge in [-0.2, -0.15) is 0 Å². The lowest BCUT2D eigenvalue weighted by atomic mass is 10.3. The van der Waals surface area contributed by atoms with Gasteiger partial charge in [-0.25, -0.2) is 9.37 Å². The quantitative estimate of drug-likeness (QED) is 0.919. The molecule has 2 rings (SSSR count). The molecule has 1 aromatic heterocycles. The first kappa shape index (κ1) is 14.8. The van der Waals surface area contributed by atoms with E-state index >= 15 is 0 Å². The van der Waals surface area contributed by atoms with Crippen LogP contribution in [0.5, 0.6) is 11.6 Å². The Morgan fingerprint density at radius 3 is 2.86 bits per heavy atom. The molecule has 0 aliphatic rings. The third kappa shape index (κ3) is 3.92. The molecular formula is C15H15FN2O3. The number of carbonyl (C=O) groups excluding carboxylic acids is 1. The van der Waals surface area contributed by atoms with Crippen molar-refractivity contribution in [1.29, 1.82) is 0 Å². The molecule has 1 aromatic carbocycles. The SMILES string of the molecule is COc1ncc(C)cc1NC(=O)COc1ccccc1F. The second-order valence-corrected chi connectivity index (χ2v) is 4.34. The second-order valence-electron chi connectivity index (χ2n) is 4.34. The smallest absolute Gasteiger partial charge is 0.262 e. The number of methoxy groups -OCH3 is 1. The molecule has 0 aliphatic heterocycles. The van der Waals surface area contributed by atoms with E-state index in [0.29, 0.717) is 11.6 Å². The van der Waals surface area contributed by atoms with Crippen LogP contribution >= 0.6 is 0 Å². The molecule has 0 atom stereocenters. The maximum Gasteiger partial charge on any atom is 0.262 e. The van der Waals surface area contributed by atoms with Crippen molar-refractivity contribution in [3.05, 3.63) is 47.9 Å². The number of hydrogen-bond acceptors (Lipinski definition) is 4. The van der Waals surface area contributed by atoms with Crippen LogP contribution in [0.25, 0.3) is 0 Å². The van der Waals surface area contributed by atoms with Crippen LogP contribution in [0.1, 0.15) is 5.56 Å². The third-order valence-electron chi connectivity index (χ3n) is 2.65. The fourth-order valence-corrected chi connectivity index (χ4v) is 1.70. The number of hydrogen-bond donors (Lipinski definition) is 1. The number of carbonyl (C=O) groups is 1. The van der Waals surface area contributed by atoms with Gasteiger partial charge in [0.15, 0.2) is 18.2 Å². The maximum atomic E-state index is 13.4. The van der Waals surface area contributed by atoms with E-state index in [-0.39, 0.29) is 12.4 Å². The number of amides is 1. The van der Waals surface area contributed by atoms with Gasteiger partial charge < -0.3 is 14.8 Å². The van der Waals surface area contributed by atoms with Gasteiger partial charge in [0.05, 0.1) is 7.11 Å². The minimum absolute atomic E-state index is 0.0296. The summed E-state index contributed by atoms with van der Waals surface area (Å²) in [5.74, 6) is -0.606. The Kier molecular flexibility index (Phi) is 4.71. The summed E-state index contributed by atoms with van der Waals surface area (Å²) in [6, 6.07) is 7.63. The van der Waals surface area contributed by atoms with Crippen LogP contribution in [0.3, 0.4) is 0 Å². The van der Waals surface area contributed by atoms with Crippen molar-refractivity contribution < 1.29 is 18.7 Å². The van der Waals surface area contributed by atoms with Crippen LogP contribution in [-0.4, -0.2) is 24.6 Å². The number of aryl methyl sites for hydroxylation is 1.